The molecule has 8 heteroatoms. The number of halogens is 1. The van der Waals surface area contributed by atoms with E-state index >= 15 is 0 Å². The maximum absolute atomic E-state index is 14.4. The Hall–Kier alpha value is -2.31. The van der Waals surface area contributed by atoms with Gasteiger partial charge in [0.25, 0.3) is 0 Å². The summed E-state index contributed by atoms with van der Waals surface area (Å²) in [4.78, 5) is 16.7. The normalized spacial score (nSPS) is 24.2. The lowest BCUT2D eigenvalue weighted by molar-refractivity contribution is -0.120. The second-order valence-electron chi connectivity index (χ2n) is 5.72. The minimum Gasteiger partial charge on any atom is -0.378 e. The maximum atomic E-state index is 14.4. The molecule has 2 saturated heterocycles. The molecule has 7 nitrogen and oxygen atoms in total. The molecule has 0 saturated carbocycles. The molecule has 1 unspecified atom stereocenters. The van der Waals surface area contributed by atoms with E-state index in [-0.39, 0.29) is 24.3 Å². The lowest BCUT2D eigenvalue weighted by Gasteiger charge is -2.29. The summed E-state index contributed by atoms with van der Waals surface area (Å²) in [6.45, 7) is 2.72. The molecule has 0 aromatic heterocycles. The molecule has 1 aromatic rings. The monoisotopic (exact) mass is 319 g/mol. The SMILES string of the molecule is [N-]=[N+]=NCC1C[C@@H](c2ccc(N3CCOCC3)c(F)c2)C(=O)N1. The Balaban J connectivity index is 1.74. The number of ether oxygens (including phenoxy) is 1. The number of hydrogen-bond acceptors (Lipinski definition) is 4. The van der Waals surface area contributed by atoms with Crippen LogP contribution in [0.4, 0.5) is 10.1 Å². The molecule has 0 aliphatic carbocycles. The van der Waals surface area contributed by atoms with E-state index in [1.165, 1.54) is 6.07 Å². The third-order valence-electron chi connectivity index (χ3n) is 4.27. The van der Waals surface area contributed by atoms with Gasteiger partial charge in [0.05, 0.1) is 24.8 Å². The number of rotatable bonds is 4. The Morgan fingerprint density at radius 2 is 2.22 bits per heavy atom. The first-order chi connectivity index (χ1) is 11.2. The highest BCUT2D eigenvalue weighted by Gasteiger charge is 2.33. The molecule has 3 rings (SSSR count). The molecule has 1 aromatic carbocycles. The number of nitrogens with zero attached hydrogens (tertiary/aromatic N) is 4. The predicted octanol–water partition coefficient (Wildman–Crippen LogP) is 1.94. The molecule has 2 aliphatic heterocycles. The smallest absolute Gasteiger partial charge is 0.227 e. The van der Waals surface area contributed by atoms with Crippen molar-refractivity contribution < 1.29 is 13.9 Å². The number of carbonyl (C=O) groups is 1. The van der Waals surface area contributed by atoms with Crippen LogP contribution in [0.3, 0.4) is 0 Å². The van der Waals surface area contributed by atoms with Crippen LogP contribution < -0.4 is 10.2 Å². The molecular formula is C15H18FN5O2. The number of morpholine rings is 1. The van der Waals surface area contributed by atoms with Crippen molar-refractivity contribution in [1.82, 2.24) is 5.32 Å². The molecule has 0 bridgehead atoms. The molecule has 2 heterocycles. The lowest BCUT2D eigenvalue weighted by atomic mass is 9.95. The van der Waals surface area contributed by atoms with Crippen LogP contribution >= 0.6 is 0 Å². The maximum Gasteiger partial charge on any atom is 0.227 e. The number of nitrogens with one attached hydrogen (secondary N) is 1. The van der Waals surface area contributed by atoms with Gasteiger partial charge in [-0.2, -0.15) is 0 Å². The topological polar surface area (TPSA) is 90.3 Å². The predicted molar refractivity (Wildman–Crippen MR) is 82.7 cm³/mol. The van der Waals surface area contributed by atoms with Gasteiger partial charge in [-0.3, -0.25) is 4.79 Å². The Labute approximate surface area is 133 Å². The van der Waals surface area contributed by atoms with Crippen LogP contribution in [0.5, 0.6) is 0 Å². The van der Waals surface area contributed by atoms with Gasteiger partial charge < -0.3 is 15.0 Å². The second kappa shape index (κ2) is 6.85. The minimum atomic E-state index is -0.401. The van der Waals surface area contributed by atoms with Gasteiger partial charge in [-0.25, -0.2) is 4.39 Å². The zero-order valence-electron chi connectivity index (χ0n) is 12.6. The van der Waals surface area contributed by atoms with E-state index < -0.39 is 5.92 Å². The number of amides is 1. The van der Waals surface area contributed by atoms with E-state index in [2.05, 4.69) is 15.3 Å². The van der Waals surface area contributed by atoms with Crippen molar-refractivity contribution in [3.05, 3.63) is 40.0 Å². The molecule has 0 spiro atoms. The van der Waals surface area contributed by atoms with Crippen LogP contribution in [-0.2, 0) is 9.53 Å². The summed E-state index contributed by atoms with van der Waals surface area (Å²) in [5.41, 5.74) is 9.54. The Morgan fingerprint density at radius 1 is 1.43 bits per heavy atom. The van der Waals surface area contributed by atoms with Crippen molar-refractivity contribution in [3.8, 4) is 0 Å². The van der Waals surface area contributed by atoms with Gasteiger partial charge in [-0.1, -0.05) is 11.2 Å². The van der Waals surface area contributed by atoms with Gasteiger partial charge in [0.2, 0.25) is 5.91 Å². The summed E-state index contributed by atoms with van der Waals surface area (Å²) in [6, 6.07) is 4.77. The van der Waals surface area contributed by atoms with Crippen molar-refractivity contribution in [2.75, 3.05) is 37.7 Å². The molecule has 2 fully saturated rings. The fraction of sp³-hybridized carbons (Fsp3) is 0.533. The van der Waals surface area contributed by atoms with Crippen LogP contribution in [0.15, 0.2) is 23.3 Å². The van der Waals surface area contributed by atoms with Gasteiger partial charge in [0.15, 0.2) is 0 Å². The Kier molecular flexibility index (Phi) is 4.64. The third kappa shape index (κ3) is 3.38. The largest absolute Gasteiger partial charge is 0.378 e. The van der Waals surface area contributed by atoms with Gasteiger partial charge in [0.1, 0.15) is 5.82 Å². The molecule has 122 valence electrons. The van der Waals surface area contributed by atoms with E-state index in [1.54, 1.807) is 12.1 Å². The summed E-state index contributed by atoms with van der Waals surface area (Å²) in [5, 5.41) is 6.26. The average Bonchev–Trinajstić information content (AvgIpc) is 2.94. The molecule has 2 aliphatic rings. The summed E-state index contributed by atoms with van der Waals surface area (Å²) in [7, 11) is 0. The number of hydrogen-bond donors (Lipinski definition) is 1. The number of azide groups is 1. The second-order valence-corrected chi connectivity index (χ2v) is 5.72. The molecule has 1 amide bonds. The van der Waals surface area contributed by atoms with Crippen LogP contribution in [0, 0.1) is 5.82 Å². The number of anilines is 1. The first-order valence-electron chi connectivity index (χ1n) is 7.62. The van der Waals surface area contributed by atoms with Crippen molar-refractivity contribution in [1.29, 1.82) is 0 Å². The lowest BCUT2D eigenvalue weighted by Crippen LogP contribution is -2.36. The van der Waals surface area contributed by atoms with E-state index in [0.717, 1.165) is 0 Å². The summed E-state index contributed by atoms with van der Waals surface area (Å²) in [6.07, 6.45) is 0.508. The van der Waals surface area contributed by atoms with Gasteiger partial charge >= 0.3 is 0 Å². The Bertz CT molecular complexity index is 641. The first-order valence-corrected chi connectivity index (χ1v) is 7.62. The number of carbonyl (C=O) groups excluding carboxylic acids is 1. The number of benzene rings is 1. The van der Waals surface area contributed by atoms with Gasteiger partial charge in [-0.15, -0.1) is 0 Å². The fourth-order valence-corrected chi connectivity index (χ4v) is 3.10. The fourth-order valence-electron chi connectivity index (χ4n) is 3.10. The van der Waals surface area contributed by atoms with Crippen LogP contribution in [0.25, 0.3) is 10.4 Å². The quantitative estimate of drug-likeness (QED) is 0.522. The third-order valence-corrected chi connectivity index (χ3v) is 4.27. The minimum absolute atomic E-state index is 0.151. The molecule has 2 atom stereocenters. The summed E-state index contributed by atoms with van der Waals surface area (Å²) in [5.74, 6) is -0.875. The zero-order valence-corrected chi connectivity index (χ0v) is 12.6. The average molecular weight is 319 g/mol. The molecular weight excluding hydrogens is 301 g/mol. The standard InChI is InChI=1S/C15H18FN5O2/c16-13-7-10(1-2-14(13)21-3-5-23-6-4-21)12-8-11(9-18-20-17)19-15(12)22/h1-2,7,11-12H,3-6,8-9H2,(H,19,22)/t11?,12-/m0/s1. The molecule has 1 N–H and O–H groups in total. The van der Waals surface area contributed by atoms with E-state index in [1.807, 2.05) is 4.90 Å². The summed E-state index contributed by atoms with van der Waals surface area (Å²) < 4.78 is 19.7. The van der Waals surface area contributed by atoms with Crippen molar-refractivity contribution in [2.45, 2.75) is 18.4 Å². The van der Waals surface area contributed by atoms with Crippen molar-refractivity contribution >= 4 is 11.6 Å². The molecule has 0 radical (unpaired) electrons. The van der Waals surface area contributed by atoms with E-state index in [4.69, 9.17) is 10.3 Å². The molecule has 23 heavy (non-hydrogen) atoms. The van der Waals surface area contributed by atoms with Crippen molar-refractivity contribution in [2.24, 2.45) is 5.11 Å². The highest BCUT2D eigenvalue weighted by Crippen LogP contribution is 2.30. The van der Waals surface area contributed by atoms with Gasteiger partial charge in [0, 0.05) is 30.6 Å². The van der Waals surface area contributed by atoms with Crippen LogP contribution in [0.2, 0.25) is 0 Å². The van der Waals surface area contributed by atoms with E-state index in [9.17, 15) is 9.18 Å². The highest BCUT2D eigenvalue weighted by atomic mass is 19.1. The van der Waals surface area contributed by atoms with Crippen LogP contribution in [-0.4, -0.2) is 44.8 Å². The van der Waals surface area contributed by atoms with Crippen molar-refractivity contribution in [3.63, 3.8) is 0 Å². The van der Waals surface area contributed by atoms with E-state index in [0.29, 0.717) is 44.0 Å². The highest BCUT2D eigenvalue weighted by molar-refractivity contribution is 5.86. The Morgan fingerprint density at radius 3 is 2.91 bits per heavy atom. The summed E-state index contributed by atoms with van der Waals surface area (Å²) >= 11 is 0. The first kappa shape index (κ1) is 15.6. The van der Waals surface area contributed by atoms with Crippen LogP contribution in [0.1, 0.15) is 17.9 Å². The van der Waals surface area contributed by atoms with Gasteiger partial charge in [-0.05, 0) is 29.6 Å². The zero-order chi connectivity index (χ0) is 16.2.